The Morgan fingerprint density at radius 2 is 2.00 bits per heavy atom. The third kappa shape index (κ3) is 4.20. The lowest BCUT2D eigenvalue weighted by atomic mass is 10.2. The van der Waals surface area contributed by atoms with Crippen molar-refractivity contribution in [3.8, 4) is 5.75 Å². The number of aliphatic carboxylic acids is 1. The van der Waals surface area contributed by atoms with Crippen LogP contribution in [-0.2, 0) is 4.79 Å². The molecule has 24 heavy (non-hydrogen) atoms. The first-order valence-corrected chi connectivity index (χ1v) is 8.42. The minimum Gasteiger partial charge on any atom is -0.493 e. The van der Waals surface area contributed by atoms with Crippen LogP contribution in [0.3, 0.4) is 0 Å². The van der Waals surface area contributed by atoms with Gasteiger partial charge in [-0.2, -0.15) is 0 Å². The van der Waals surface area contributed by atoms with Gasteiger partial charge in [0.15, 0.2) is 0 Å². The summed E-state index contributed by atoms with van der Waals surface area (Å²) >= 11 is 1.66. The van der Waals surface area contributed by atoms with Crippen molar-refractivity contribution in [1.82, 2.24) is 4.98 Å². The number of rotatable bonds is 6. The van der Waals surface area contributed by atoms with Gasteiger partial charge in [-0.15, -0.1) is 11.3 Å². The molecule has 0 amide bonds. The molecule has 0 fully saturated rings. The molecule has 0 radical (unpaired) electrons. The molecular formula is C19H17NO3S. The summed E-state index contributed by atoms with van der Waals surface area (Å²) in [5, 5.41) is 9.56. The van der Waals surface area contributed by atoms with Gasteiger partial charge in [-0.25, -0.2) is 4.98 Å². The molecule has 3 rings (SSSR count). The SMILES string of the molecule is Cc1ccc2sc(C=Cc3ccc(OCCC(=O)O)cc3)nc2c1. The minimum absolute atomic E-state index is 0.00125. The van der Waals surface area contributed by atoms with E-state index in [9.17, 15) is 4.79 Å². The highest BCUT2D eigenvalue weighted by Gasteiger charge is 2.01. The largest absolute Gasteiger partial charge is 0.493 e. The van der Waals surface area contributed by atoms with E-state index in [1.807, 2.05) is 36.4 Å². The number of fused-ring (bicyclic) bond motifs is 1. The second-order valence-electron chi connectivity index (χ2n) is 5.42. The van der Waals surface area contributed by atoms with Crippen molar-refractivity contribution in [2.45, 2.75) is 13.3 Å². The van der Waals surface area contributed by atoms with Crippen molar-refractivity contribution >= 4 is 39.7 Å². The van der Waals surface area contributed by atoms with Crippen LogP contribution in [0.15, 0.2) is 42.5 Å². The maximum atomic E-state index is 10.5. The van der Waals surface area contributed by atoms with Crippen molar-refractivity contribution in [2.24, 2.45) is 0 Å². The van der Waals surface area contributed by atoms with Gasteiger partial charge in [-0.3, -0.25) is 4.79 Å². The van der Waals surface area contributed by atoms with E-state index in [0.29, 0.717) is 5.75 Å². The predicted octanol–water partition coefficient (Wildman–Crippen LogP) is 4.63. The molecule has 1 N–H and O–H groups in total. The number of carbonyl (C=O) groups is 1. The van der Waals surface area contributed by atoms with Gasteiger partial charge in [-0.05, 0) is 48.4 Å². The summed E-state index contributed by atoms with van der Waals surface area (Å²) in [5.74, 6) is -0.190. The van der Waals surface area contributed by atoms with E-state index in [2.05, 4.69) is 30.1 Å². The molecule has 2 aromatic carbocycles. The first-order valence-electron chi connectivity index (χ1n) is 7.60. The number of carboxylic acids is 1. The monoisotopic (exact) mass is 339 g/mol. The number of ether oxygens (including phenoxy) is 1. The Labute approximate surface area is 144 Å². The summed E-state index contributed by atoms with van der Waals surface area (Å²) in [7, 11) is 0. The highest BCUT2D eigenvalue weighted by molar-refractivity contribution is 7.19. The molecule has 0 atom stereocenters. The van der Waals surface area contributed by atoms with E-state index in [4.69, 9.17) is 9.84 Å². The highest BCUT2D eigenvalue weighted by atomic mass is 32.1. The molecule has 0 unspecified atom stereocenters. The van der Waals surface area contributed by atoms with Crippen LogP contribution >= 0.6 is 11.3 Å². The zero-order chi connectivity index (χ0) is 16.9. The van der Waals surface area contributed by atoms with E-state index in [-0.39, 0.29) is 13.0 Å². The van der Waals surface area contributed by atoms with Crippen molar-refractivity contribution in [2.75, 3.05) is 6.61 Å². The maximum Gasteiger partial charge on any atom is 0.306 e. The molecular weight excluding hydrogens is 322 g/mol. The van der Waals surface area contributed by atoms with Crippen LogP contribution in [0.2, 0.25) is 0 Å². The summed E-state index contributed by atoms with van der Waals surface area (Å²) in [5.41, 5.74) is 3.28. The molecule has 4 nitrogen and oxygen atoms in total. The van der Waals surface area contributed by atoms with Crippen LogP contribution in [0.4, 0.5) is 0 Å². The second kappa shape index (κ2) is 7.27. The molecule has 122 valence electrons. The summed E-state index contributed by atoms with van der Waals surface area (Å²) in [6.07, 6.45) is 4.00. The molecule has 3 aromatic rings. The van der Waals surface area contributed by atoms with Crippen LogP contribution in [-0.4, -0.2) is 22.7 Å². The summed E-state index contributed by atoms with van der Waals surface area (Å²) in [6, 6.07) is 13.8. The van der Waals surface area contributed by atoms with E-state index in [0.717, 1.165) is 16.1 Å². The van der Waals surface area contributed by atoms with E-state index < -0.39 is 5.97 Å². The second-order valence-corrected chi connectivity index (χ2v) is 6.48. The third-order valence-corrected chi connectivity index (χ3v) is 4.44. The average molecular weight is 339 g/mol. The average Bonchev–Trinajstić information content (AvgIpc) is 2.96. The number of aromatic nitrogens is 1. The van der Waals surface area contributed by atoms with Gasteiger partial charge >= 0.3 is 5.97 Å². The molecule has 0 aliphatic carbocycles. The number of aryl methyl sites for hydroxylation is 1. The molecule has 0 bridgehead atoms. The first kappa shape index (κ1) is 16.2. The number of benzene rings is 2. The molecule has 0 saturated heterocycles. The van der Waals surface area contributed by atoms with E-state index in [1.165, 1.54) is 10.3 Å². The zero-order valence-corrected chi connectivity index (χ0v) is 14.0. The lowest BCUT2D eigenvalue weighted by Gasteiger charge is -2.04. The third-order valence-electron chi connectivity index (χ3n) is 3.44. The van der Waals surface area contributed by atoms with Crippen LogP contribution in [0, 0.1) is 6.92 Å². The normalized spacial score (nSPS) is 11.2. The smallest absolute Gasteiger partial charge is 0.306 e. The predicted molar refractivity (Wildman–Crippen MR) is 97.5 cm³/mol. The van der Waals surface area contributed by atoms with Gasteiger partial charge < -0.3 is 9.84 Å². The molecule has 5 heteroatoms. The van der Waals surface area contributed by atoms with Gasteiger partial charge in [0.2, 0.25) is 0 Å². The molecule has 1 aromatic heterocycles. The Bertz CT molecular complexity index is 881. The van der Waals surface area contributed by atoms with Crippen LogP contribution < -0.4 is 4.74 Å². The van der Waals surface area contributed by atoms with Crippen molar-refractivity contribution in [3.63, 3.8) is 0 Å². The fraction of sp³-hybridized carbons (Fsp3) is 0.158. The zero-order valence-electron chi connectivity index (χ0n) is 13.2. The lowest BCUT2D eigenvalue weighted by molar-refractivity contribution is -0.137. The van der Waals surface area contributed by atoms with Gasteiger partial charge in [0.05, 0.1) is 23.2 Å². The number of nitrogens with zero attached hydrogens (tertiary/aromatic N) is 1. The number of hydrogen-bond donors (Lipinski definition) is 1. The van der Waals surface area contributed by atoms with Crippen molar-refractivity contribution in [1.29, 1.82) is 0 Å². The molecule has 0 saturated carbocycles. The van der Waals surface area contributed by atoms with Gasteiger partial charge in [0.25, 0.3) is 0 Å². The summed E-state index contributed by atoms with van der Waals surface area (Å²) < 4.78 is 6.55. The van der Waals surface area contributed by atoms with Gasteiger partial charge in [-0.1, -0.05) is 24.3 Å². The lowest BCUT2D eigenvalue weighted by Crippen LogP contribution is -2.04. The topological polar surface area (TPSA) is 59.4 Å². The molecule has 0 aliphatic heterocycles. The summed E-state index contributed by atoms with van der Waals surface area (Å²) in [4.78, 5) is 15.1. The summed E-state index contributed by atoms with van der Waals surface area (Å²) in [6.45, 7) is 2.24. The Kier molecular flexibility index (Phi) is 4.91. The van der Waals surface area contributed by atoms with Gasteiger partial charge in [0, 0.05) is 0 Å². The maximum absolute atomic E-state index is 10.5. The number of hydrogen-bond acceptors (Lipinski definition) is 4. The van der Waals surface area contributed by atoms with Crippen LogP contribution in [0.25, 0.3) is 22.4 Å². The minimum atomic E-state index is -0.861. The van der Waals surface area contributed by atoms with Crippen molar-refractivity contribution in [3.05, 3.63) is 58.6 Å². The number of carboxylic acid groups (broad SMARTS) is 1. The fourth-order valence-electron chi connectivity index (χ4n) is 2.23. The Hall–Kier alpha value is -2.66. The fourth-order valence-corrected chi connectivity index (χ4v) is 3.08. The first-order chi connectivity index (χ1) is 11.6. The van der Waals surface area contributed by atoms with Crippen LogP contribution in [0.5, 0.6) is 5.75 Å². The Balaban J connectivity index is 1.66. The van der Waals surface area contributed by atoms with Gasteiger partial charge in [0.1, 0.15) is 10.8 Å². The quantitative estimate of drug-likeness (QED) is 0.711. The highest BCUT2D eigenvalue weighted by Crippen LogP contribution is 2.24. The molecule has 0 spiro atoms. The van der Waals surface area contributed by atoms with Crippen LogP contribution in [0.1, 0.15) is 22.6 Å². The van der Waals surface area contributed by atoms with E-state index in [1.54, 1.807) is 11.3 Å². The molecule has 1 heterocycles. The Morgan fingerprint density at radius 3 is 2.75 bits per heavy atom. The standard InChI is InChI=1S/C19H17NO3S/c1-13-2-8-17-16(12-13)20-18(24-17)9-5-14-3-6-15(7-4-14)23-11-10-19(21)22/h2-9,12H,10-11H2,1H3,(H,21,22). The van der Waals surface area contributed by atoms with E-state index >= 15 is 0 Å². The number of thiazole rings is 1. The molecule has 0 aliphatic rings. The van der Waals surface area contributed by atoms with Crippen molar-refractivity contribution < 1.29 is 14.6 Å². The Morgan fingerprint density at radius 1 is 1.21 bits per heavy atom.